The van der Waals surface area contributed by atoms with Gasteiger partial charge in [0.05, 0.1) is 0 Å². The zero-order valence-corrected chi connectivity index (χ0v) is 8.42. The number of ether oxygens (including phenoxy) is 1. The summed E-state index contributed by atoms with van der Waals surface area (Å²) in [5.74, 6) is 0.210. The van der Waals surface area contributed by atoms with Crippen LogP contribution in [0.1, 0.15) is 27.7 Å². The van der Waals surface area contributed by atoms with E-state index in [1.165, 1.54) is 0 Å². The minimum Gasteiger partial charge on any atom is -0.443 e. The van der Waals surface area contributed by atoms with Gasteiger partial charge in [0.2, 0.25) is 0 Å². The van der Waals surface area contributed by atoms with Crippen LogP contribution in [0.15, 0.2) is 0 Å². The fourth-order valence-electron chi connectivity index (χ4n) is 1.59. The number of rotatable bonds is 1. The first-order chi connectivity index (χ1) is 5.36. The predicted octanol–water partition coefficient (Wildman–Crippen LogP) is 1.24. The number of cyclic esters (lactones) is 1. The molecule has 1 fully saturated rings. The molecule has 0 aromatic rings. The van der Waals surface area contributed by atoms with Crippen LogP contribution >= 0.6 is 0 Å². The van der Waals surface area contributed by atoms with Gasteiger partial charge < -0.3 is 4.74 Å². The summed E-state index contributed by atoms with van der Waals surface area (Å²) >= 11 is 0. The first kappa shape index (κ1) is 9.52. The van der Waals surface area contributed by atoms with Crippen LogP contribution in [0.3, 0.4) is 0 Å². The molecular formula is C9H17NO2. The molecule has 1 saturated heterocycles. The highest BCUT2D eigenvalue weighted by atomic mass is 16.6. The Bertz CT molecular complexity index is 199. The van der Waals surface area contributed by atoms with Crippen LogP contribution in [0.25, 0.3) is 0 Å². The maximum atomic E-state index is 11.4. The second-order valence-electron chi connectivity index (χ2n) is 4.17. The van der Waals surface area contributed by atoms with Crippen LogP contribution in [0.4, 0.5) is 0 Å². The van der Waals surface area contributed by atoms with Crippen LogP contribution in [0, 0.1) is 5.92 Å². The van der Waals surface area contributed by atoms with Gasteiger partial charge in [0, 0.05) is 0 Å². The summed E-state index contributed by atoms with van der Waals surface area (Å²) in [6.07, 6.45) is 0. The van der Waals surface area contributed by atoms with Crippen molar-refractivity contribution >= 4 is 5.97 Å². The molecule has 1 aliphatic rings. The van der Waals surface area contributed by atoms with Gasteiger partial charge in [-0.05, 0) is 26.8 Å². The number of esters is 1. The van der Waals surface area contributed by atoms with Crippen molar-refractivity contribution in [2.75, 3.05) is 7.05 Å². The van der Waals surface area contributed by atoms with Crippen LogP contribution < -0.4 is 0 Å². The number of nitrogens with zero attached hydrogens (tertiary/aromatic N) is 1. The minimum atomic E-state index is -0.438. The van der Waals surface area contributed by atoms with E-state index in [1.54, 1.807) is 0 Å². The molecule has 1 rings (SSSR count). The van der Waals surface area contributed by atoms with Gasteiger partial charge in [-0.2, -0.15) is 0 Å². The highest BCUT2D eigenvalue weighted by Gasteiger charge is 2.46. The molecule has 1 unspecified atom stereocenters. The SMILES string of the molecule is CC(C)C1C(=O)OC(C)(C)N1C. The van der Waals surface area contributed by atoms with Gasteiger partial charge in [-0.1, -0.05) is 13.8 Å². The summed E-state index contributed by atoms with van der Waals surface area (Å²) < 4.78 is 5.22. The fourth-order valence-corrected chi connectivity index (χ4v) is 1.59. The van der Waals surface area contributed by atoms with Crippen LogP contribution in [0.5, 0.6) is 0 Å². The molecule has 0 spiro atoms. The van der Waals surface area contributed by atoms with E-state index in [0.29, 0.717) is 5.92 Å². The normalized spacial score (nSPS) is 29.5. The Morgan fingerprint density at radius 2 is 2.00 bits per heavy atom. The van der Waals surface area contributed by atoms with Crippen LogP contribution in [0.2, 0.25) is 0 Å². The van der Waals surface area contributed by atoms with Crippen molar-refractivity contribution < 1.29 is 9.53 Å². The van der Waals surface area contributed by atoms with Gasteiger partial charge in [-0.25, -0.2) is 0 Å². The zero-order valence-electron chi connectivity index (χ0n) is 8.42. The Balaban J connectivity index is 2.85. The average Bonchev–Trinajstić information content (AvgIpc) is 2.02. The topological polar surface area (TPSA) is 29.5 Å². The fraction of sp³-hybridized carbons (Fsp3) is 0.889. The molecule has 0 aromatic heterocycles. The molecular weight excluding hydrogens is 154 g/mol. The Morgan fingerprint density at radius 1 is 1.50 bits per heavy atom. The molecule has 3 heteroatoms. The lowest BCUT2D eigenvalue weighted by atomic mass is 10.0. The van der Waals surface area contributed by atoms with Crippen molar-refractivity contribution in [1.29, 1.82) is 0 Å². The molecule has 3 nitrogen and oxygen atoms in total. The molecule has 1 aliphatic heterocycles. The molecule has 0 aliphatic carbocycles. The second-order valence-corrected chi connectivity index (χ2v) is 4.17. The zero-order chi connectivity index (χ0) is 9.52. The molecule has 1 atom stereocenters. The van der Waals surface area contributed by atoms with Crippen LogP contribution in [-0.4, -0.2) is 29.7 Å². The smallest absolute Gasteiger partial charge is 0.325 e. The monoisotopic (exact) mass is 171 g/mol. The summed E-state index contributed by atoms with van der Waals surface area (Å²) in [5, 5.41) is 0. The third-order valence-corrected chi connectivity index (χ3v) is 2.49. The summed E-state index contributed by atoms with van der Waals surface area (Å²) in [7, 11) is 1.93. The van der Waals surface area contributed by atoms with Crippen molar-refractivity contribution in [3.8, 4) is 0 Å². The molecule has 0 amide bonds. The van der Waals surface area contributed by atoms with E-state index in [2.05, 4.69) is 0 Å². The van der Waals surface area contributed by atoms with Gasteiger partial charge in [0.1, 0.15) is 6.04 Å². The highest BCUT2D eigenvalue weighted by molar-refractivity contribution is 5.78. The Hall–Kier alpha value is -0.570. The Morgan fingerprint density at radius 3 is 2.17 bits per heavy atom. The summed E-state index contributed by atoms with van der Waals surface area (Å²) in [5.41, 5.74) is -0.438. The Kier molecular flexibility index (Phi) is 2.17. The average molecular weight is 171 g/mol. The molecule has 0 saturated carbocycles. The van der Waals surface area contributed by atoms with E-state index in [4.69, 9.17) is 4.74 Å². The molecule has 0 N–H and O–H groups in total. The van der Waals surface area contributed by atoms with Crippen molar-refractivity contribution in [2.24, 2.45) is 5.92 Å². The van der Waals surface area contributed by atoms with Crippen LogP contribution in [-0.2, 0) is 9.53 Å². The largest absolute Gasteiger partial charge is 0.443 e. The maximum absolute atomic E-state index is 11.4. The maximum Gasteiger partial charge on any atom is 0.325 e. The van der Waals surface area contributed by atoms with Crippen molar-refractivity contribution in [1.82, 2.24) is 4.90 Å². The van der Waals surface area contributed by atoms with Gasteiger partial charge in [-0.3, -0.25) is 9.69 Å². The number of hydrogen-bond donors (Lipinski definition) is 0. The lowest BCUT2D eigenvalue weighted by molar-refractivity contribution is -0.149. The third-order valence-electron chi connectivity index (χ3n) is 2.49. The van der Waals surface area contributed by atoms with E-state index >= 15 is 0 Å². The summed E-state index contributed by atoms with van der Waals surface area (Å²) in [6.45, 7) is 7.88. The predicted molar refractivity (Wildman–Crippen MR) is 46.6 cm³/mol. The number of hydrogen-bond acceptors (Lipinski definition) is 3. The Labute approximate surface area is 73.7 Å². The first-order valence-electron chi connectivity index (χ1n) is 4.32. The summed E-state index contributed by atoms with van der Waals surface area (Å²) in [4.78, 5) is 13.4. The van der Waals surface area contributed by atoms with Gasteiger partial charge in [0.25, 0.3) is 0 Å². The molecule has 70 valence electrons. The molecule has 1 heterocycles. The van der Waals surface area contributed by atoms with Crippen molar-refractivity contribution in [2.45, 2.75) is 39.5 Å². The van der Waals surface area contributed by atoms with Gasteiger partial charge in [0.15, 0.2) is 5.72 Å². The standard InChI is InChI=1S/C9H17NO2/c1-6(2)7-8(11)12-9(3,4)10(7)5/h6-7H,1-5H3. The lowest BCUT2D eigenvalue weighted by Gasteiger charge is -2.28. The van der Waals surface area contributed by atoms with E-state index in [1.807, 2.05) is 39.6 Å². The van der Waals surface area contributed by atoms with E-state index < -0.39 is 5.72 Å². The van der Waals surface area contributed by atoms with Gasteiger partial charge >= 0.3 is 5.97 Å². The van der Waals surface area contributed by atoms with Crippen molar-refractivity contribution in [3.63, 3.8) is 0 Å². The van der Waals surface area contributed by atoms with Gasteiger partial charge in [-0.15, -0.1) is 0 Å². The molecule has 0 bridgehead atoms. The van der Waals surface area contributed by atoms with E-state index in [-0.39, 0.29) is 12.0 Å². The van der Waals surface area contributed by atoms with E-state index in [9.17, 15) is 4.79 Å². The molecule has 12 heavy (non-hydrogen) atoms. The third kappa shape index (κ3) is 1.33. The number of carbonyl (C=O) groups is 1. The number of likely N-dealkylation sites (N-methyl/N-ethyl adjacent to an activating group) is 1. The lowest BCUT2D eigenvalue weighted by Crippen LogP contribution is -2.43. The quantitative estimate of drug-likeness (QED) is 0.556. The van der Waals surface area contributed by atoms with Crippen molar-refractivity contribution in [3.05, 3.63) is 0 Å². The van der Waals surface area contributed by atoms with E-state index in [0.717, 1.165) is 0 Å². The molecule has 0 radical (unpaired) electrons. The minimum absolute atomic E-state index is 0.0833. The second kappa shape index (κ2) is 2.73. The highest BCUT2D eigenvalue weighted by Crippen LogP contribution is 2.29. The first-order valence-corrected chi connectivity index (χ1v) is 4.32. The summed E-state index contributed by atoms with van der Waals surface area (Å²) in [6, 6.07) is -0.0833. The molecule has 0 aromatic carbocycles. The number of carbonyl (C=O) groups excluding carboxylic acids is 1.